The first kappa shape index (κ1) is 24.4. The van der Waals surface area contributed by atoms with Crippen LogP contribution in [0.1, 0.15) is 54.9 Å². The Balaban J connectivity index is 2.55. The molecule has 1 aliphatic carbocycles. The number of esters is 1. The van der Waals surface area contributed by atoms with E-state index in [4.69, 9.17) is 4.74 Å². The van der Waals surface area contributed by atoms with E-state index in [1.807, 2.05) is 53.7 Å². The lowest BCUT2D eigenvalue weighted by Crippen LogP contribution is -2.56. The number of hydrogen-bond donors (Lipinski definition) is 2. The Hall–Kier alpha value is -1.89. The third-order valence-corrected chi connectivity index (χ3v) is 6.38. The van der Waals surface area contributed by atoms with Crippen LogP contribution in [0.2, 0.25) is 0 Å². The minimum absolute atomic E-state index is 0.00601. The number of amides is 2. The van der Waals surface area contributed by atoms with Crippen molar-refractivity contribution in [3.8, 4) is 0 Å². The standard InChI is InChI=1S/C23H38N2O5/c1-8-13(3)16(12-26)25-19(20(27)24-23(5,6)7)15-11-10-14(4)17(18(15)21(25)28)22(29)30-9-2/h10-11,13-19,26H,8-9,12H2,1-7H3,(H,24,27)/t13-,14+,15-,16-,17+,18+,19-/m0/s1. The lowest BCUT2D eigenvalue weighted by Gasteiger charge is -2.37. The van der Waals surface area contributed by atoms with Crippen LogP contribution in [-0.4, -0.2) is 58.6 Å². The van der Waals surface area contributed by atoms with Crippen LogP contribution >= 0.6 is 0 Å². The molecule has 0 radical (unpaired) electrons. The molecule has 1 saturated heterocycles. The Labute approximate surface area is 180 Å². The van der Waals surface area contributed by atoms with Gasteiger partial charge < -0.3 is 20.1 Å². The highest BCUT2D eigenvalue weighted by molar-refractivity contribution is 5.96. The van der Waals surface area contributed by atoms with Gasteiger partial charge in [-0.05, 0) is 39.5 Å². The van der Waals surface area contributed by atoms with E-state index in [1.54, 1.807) is 11.8 Å². The first-order chi connectivity index (χ1) is 14.0. The van der Waals surface area contributed by atoms with Gasteiger partial charge in [0.05, 0.1) is 31.1 Å². The SMILES string of the molecule is CCOC(=O)[C@H]1[C@@H]2C(=O)N([C@@H](CO)[C@@H](C)CC)[C@H](C(=O)NC(C)(C)C)[C@H]2C=C[C@H]1C. The Morgan fingerprint density at radius 1 is 1.27 bits per heavy atom. The van der Waals surface area contributed by atoms with E-state index in [0.717, 1.165) is 6.42 Å². The van der Waals surface area contributed by atoms with Crippen molar-refractivity contribution < 1.29 is 24.2 Å². The van der Waals surface area contributed by atoms with E-state index in [0.29, 0.717) is 0 Å². The van der Waals surface area contributed by atoms with Crippen molar-refractivity contribution in [2.45, 2.75) is 72.5 Å². The minimum atomic E-state index is -0.770. The van der Waals surface area contributed by atoms with Crippen LogP contribution in [0.3, 0.4) is 0 Å². The molecular weight excluding hydrogens is 384 g/mol. The van der Waals surface area contributed by atoms with Gasteiger partial charge in [0.2, 0.25) is 11.8 Å². The number of carbonyl (C=O) groups excluding carboxylic acids is 3. The summed E-state index contributed by atoms with van der Waals surface area (Å²) in [4.78, 5) is 41.4. The predicted molar refractivity (Wildman–Crippen MR) is 114 cm³/mol. The summed E-state index contributed by atoms with van der Waals surface area (Å²) in [6, 6.07) is -1.26. The van der Waals surface area contributed by atoms with Crippen LogP contribution in [0.4, 0.5) is 0 Å². The van der Waals surface area contributed by atoms with Gasteiger partial charge in [-0.3, -0.25) is 14.4 Å². The summed E-state index contributed by atoms with van der Waals surface area (Å²) in [6.45, 7) is 13.3. The van der Waals surface area contributed by atoms with Gasteiger partial charge in [0.25, 0.3) is 0 Å². The van der Waals surface area contributed by atoms with E-state index in [2.05, 4.69) is 5.32 Å². The van der Waals surface area contributed by atoms with Crippen LogP contribution in [0.15, 0.2) is 12.2 Å². The number of allylic oxidation sites excluding steroid dienone is 1. The van der Waals surface area contributed by atoms with Gasteiger partial charge in [-0.2, -0.15) is 0 Å². The van der Waals surface area contributed by atoms with E-state index < -0.39 is 41.3 Å². The summed E-state index contributed by atoms with van der Waals surface area (Å²) in [5, 5.41) is 13.1. The van der Waals surface area contributed by atoms with Crippen LogP contribution in [0, 0.1) is 29.6 Å². The molecule has 0 aromatic rings. The van der Waals surface area contributed by atoms with Crippen LogP contribution in [0.25, 0.3) is 0 Å². The molecule has 2 aliphatic rings. The number of aliphatic hydroxyl groups excluding tert-OH is 1. The zero-order valence-electron chi connectivity index (χ0n) is 19.3. The maximum absolute atomic E-state index is 13.7. The molecule has 170 valence electrons. The molecule has 0 unspecified atom stereocenters. The Morgan fingerprint density at radius 3 is 2.40 bits per heavy atom. The minimum Gasteiger partial charge on any atom is -0.466 e. The monoisotopic (exact) mass is 422 g/mol. The number of ether oxygens (including phenoxy) is 1. The summed E-state index contributed by atoms with van der Waals surface area (Å²) < 4.78 is 5.28. The van der Waals surface area contributed by atoms with Crippen LogP contribution in [-0.2, 0) is 19.1 Å². The van der Waals surface area contributed by atoms with Gasteiger partial charge in [0.1, 0.15) is 6.04 Å². The van der Waals surface area contributed by atoms with Crippen molar-refractivity contribution >= 4 is 17.8 Å². The molecule has 1 heterocycles. The molecule has 30 heavy (non-hydrogen) atoms. The topological polar surface area (TPSA) is 95.9 Å². The molecule has 1 aliphatic heterocycles. The fraction of sp³-hybridized carbons (Fsp3) is 0.783. The summed E-state index contributed by atoms with van der Waals surface area (Å²) in [5.74, 6) is -2.82. The molecule has 7 nitrogen and oxygen atoms in total. The Kier molecular flexibility index (Phi) is 7.72. The molecule has 7 atom stereocenters. The number of aliphatic hydroxyl groups is 1. The van der Waals surface area contributed by atoms with Crippen LogP contribution < -0.4 is 5.32 Å². The number of nitrogens with one attached hydrogen (secondary N) is 1. The van der Waals surface area contributed by atoms with Gasteiger partial charge in [-0.1, -0.05) is 39.3 Å². The van der Waals surface area contributed by atoms with E-state index in [9.17, 15) is 19.5 Å². The third kappa shape index (κ3) is 4.71. The van der Waals surface area contributed by atoms with Gasteiger partial charge in [-0.15, -0.1) is 0 Å². The number of likely N-dealkylation sites (tertiary alicyclic amines) is 1. The van der Waals surface area contributed by atoms with Crippen molar-refractivity contribution in [3.05, 3.63) is 12.2 Å². The average molecular weight is 423 g/mol. The molecule has 7 heteroatoms. The molecule has 0 bridgehead atoms. The fourth-order valence-electron chi connectivity index (χ4n) is 4.75. The largest absolute Gasteiger partial charge is 0.466 e. The molecule has 0 aromatic heterocycles. The molecule has 0 saturated carbocycles. The molecular formula is C23H38N2O5. The number of fused-ring (bicyclic) bond motifs is 1. The normalized spacial score (nSPS) is 30.6. The molecule has 1 fully saturated rings. The summed E-state index contributed by atoms with van der Waals surface area (Å²) in [6.07, 6.45) is 4.57. The van der Waals surface area contributed by atoms with Crippen molar-refractivity contribution in [3.63, 3.8) is 0 Å². The van der Waals surface area contributed by atoms with Gasteiger partial charge >= 0.3 is 5.97 Å². The summed E-state index contributed by atoms with van der Waals surface area (Å²) >= 11 is 0. The highest BCUT2D eigenvalue weighted by atomic mass is 16.5. The Bertz CT molecular complexity index is 684. The second-order valence-corrected chi connectivity index (χ2v) is 9.69. The average Bonchev–Trinajstić information content (AvgIpc) is 2.94. The second-order valence-electron chi connectivity index (χ2n) is 9.69. The molecule has 2 N–H and O–H groups in total. The number of nitrogens with zero attached hydrogens (tertiary/aromatic N) is 1. The zero-order chi connectivity index (χ0) is 22.8. The zero-order valence-corrected chi connectivity index (χ0v) is 19.3. The summed E-state index contributed by atoms with van der Waals surface area (Å²) in [5.41, 5.74) is -0.471. The number of hydrogen-bond acceptors (Lipinski definition) is 5. The quantitative estimate of drug-likeness (QED) is 0.484. The van der Waals surface area contributed by atoms with Crippen molar-refractivity contribution in [1.82, 2.24) is 10.2 Å². The number of rotatable bonds is 7. The highest BCUT2D eigenvalue weighted by Crippen LogP contribution is 2.45. The molecule has 2 rings (SSSR count). The molecule has 0 aromatic carbocycles. The molecule has 2 amide bonds. The second kappa shape index (κ2) is 9.50. The van der Waals surface area contributed by atoms with Crippen LogP contribution in [0.5, 0.6) is 0 Å². The maximum atomic E-state index is 13.7. The van der Waals surface area contributed by atoms with Gasteiger partial charge in [0, 0.05) is 11.5 Å². The predicted octanol–water partition coefficient (Wildman–Crippen LogP) is 2.14. The van der Waals surface area contributed by atoms with Gasteiger partial charge in [-0.25, -0.2) is 0 Å². The van der Waals surface area contributed by atoms with E-state index in [-0.39, 0.29) is 36.9 Å². The van der Waals surface area contributed by atoms with Crippen molar-refractivity contribution in [2.24, 2.45) is 29.6 Å². The highest BCUT2D eigenvalue weighted by Gasteiger charge is 2.59. The smallest absolute Gasteiger partial charge is 0.310 e. The maximum Gasteiger partial charge on any atom is 0.310 e. The summed E-state index contributed by atoms with van der Waals surface area (Å²) in [7, 11) is 0. The van der Waals surface area contributed by atoms with E-state index in [1.165, 1.54) is 0 Å². The fourth-order valence-corrected chi connectivity index (χ4v) is 4.75. The first-order valence-electron chi connectivity index (χ1n) is 11.1. The third-order valence-electron chi connectivity index (χ3n) is 6.38. The van der Waals surface area contributed by atoms with Crippen molar-refractivity contribution in [2.75, 3.05) is 13.2 Å². The first-order valence-corrected chi connectivity index (χ1v) is 11.1. The lowest BCUT2D eigenvalue weighted by molar-refractivity contribution is -0.156. The number of carbonyl (C=O) groups is 3. The van der Waals surface area contributed by atoms with Gasteiger partial charge in [0.15, 0.2) is 0 Å². The van der Waals surface area contributed by atoms with E-state index >= 15 is 0 Å². The molecule has 0 spiro atoms. The van der Waals surface area contributed by atoms with Crippen molar-refractivity contribution in [1.29, 1.82) is 0 Å². The Morgan fingerprint density at radius 2 is 1.90 bits per heavy atom. The lowest BCUT2D eigenvalue weighted by atomic mass is 9.70.